The fraction of sp³-hybridized carbons (Fsp3) is 0.545. The van der Waals surface area contributed by atoms with E-state index >= 15 is 0 Å². The van der Waals surface area contributed by atoms with Gasteiger partial charge < -0.3 is 4.55 Å². The fourth-order valence-corrected chi connectivity index (χ4v) is 3.61. The summed E-state index contributed by atoms with van der Waals surface area (Å²) in [6, 6.07) is 1.99. The van der Waals surface area contributed by atoms with E-state index in [9.17, 15) is 9.35 Å². The number of nitriles is 1. The van der Waals surface area contributed by atoms with Gasteiger partial charge in [-0.15, -0.1) is 0 Å². The van der Waals surface area contributed by atoms with Crippen LogP contribution in [0.2, 0.25) is 0 Å². The maximum absolute atomic E-state index is 11.9. The summed E-state index contributed by atoms with van der Waals surface area (Å²) in [6.45, 7) is 3.42. The zero-order chi connectivity index (χ0) is 13.7. The molecule has 1 heterocycles. The topological polar surface area (TPSA) is 80.1 Å². The van der Waals surface area contributed by atoms with E-state index < -0.39 is 11.2 Å². The Hall–Kier alpha value is -1.10. The lowest BCUT2D eigenvalue weighted by atomic mass is 10.4. The third-order valence-corrected chi connectivity index (χ3v) is 5.05. The molecule has 0 aliphatic heterocycles. The van der Waals surface area contributed by atoms with Crippen molar-refractivity contribution in [2.75, 3.05) is 17.7 Å². The second kappa shape index (κ2) is 6.73. The van der Waals surface area contributed by atoms with E-state index in [0.29, 0.717) is 20.8 Å². The molecule has 0 bridgehead atoms. The lowest BCUT2D eigenvalue weighted by Crippen LogP contribution is -2.24. The number of hydrogen-bond donors (Lipinski definition) is 0. The molecule has 0 saturated carbocycles. The molecule has 1 rings (SSSR count). The van der Waals surface area contributed by atoms with Gasteiger partial charge in [0.05, 0.1) is 0 Å². The molecule has 0 aliphatic carbocycles. The van der Waals surface area contributed by atoms with E-state index in [1.807, 2.05) is 13.0 Å². The van der Waals surface area contributed by atoms with Crippen LogP contribution >= 0.6 is 11.3 Å². The van der Waals surface area contributed by atoms with Gasteiger partial charge in [-0.25, -0.2) is 0 Å². The van der Waals surface area contributed by atoms with Gasteiger partial charge in [-0.05, 0) is 6.42 Å². The highest BCUT2D eigenvalue weighted by atomic mass is 32.2. The summed E-state index contributed by atoms with van der Waals surface area (Å²) in [5, 5.41) is 9.00. The molecule has 98 valence electrons. The van der Waals surface area contributed by atoms with Gasteiger partial charge >= 0.3 is 4.34 Å². The summed E-state index contributed by atoms with van der Waals surface area (Å²) in [7, 11) is 1.55. The van der Waals surface area contributed by atoms with Gasteiger partial charge in [0.15, 0.2) is 10.7 Å². The first-order chi connectivity index (χ1) is 8.51. The number of aromatic nitrogens is 1. The molecule has 1 atom stereocenters. The predicted octanol–water partition coefficient (Wildman–Crippen LogP) is 1.91. The normalized spacial score (nSPS) is 11.9. The first-order valence-corrected chi connectivity index (χ1v) is 7.68. The molecule has 0 fully saturated rings. The van der Waals surface area contributed by atoms with Gasteiger partial charge in [0.1, 0.15) is 11.8 Å². The number of thiazole rings is 1. The zero-order valence-electron chi connectivity index (χ0n) is 10.6. The van der Waals surface area contributed by atoms with E-state index in [2.05, 4.69) is 4.98 Å². The number of carbonyl (C=O) groups is 1. The van der Waals surface area contributed by atoms with Crippen LogP contribution in [-0.2, 0) is 16.0 Å². The van der Waals surface area contributed by atoms with Gasteiger partial charge in [0.2, 0.25) is 5.91 Å². The van der Waals surface area contributed by atoms with E-state index in [1.54, 1.807) is 7.05 Å². The highest BCUT2D eigenvalue weighted by Crippen LogP contribution is 2.29. The monoisotopic (exact) mass is 285 g/mol. The molecule has 7 heteroatoms. The smallest absolute Gasteiger partial charge is 0.304 e. The zero-order valence-corrected chi connectivity index (χ0v) is 12.2. The van der Waals surface area contributed by atoms with E-state index in [-0.39, 0.29) is 5.91 Å². The summed E-state index contributed by atoms with van der Waals surface area (Å²) in [5.74, 6) is 0.635. The summed E-state index contributed by atoms with van der Waals surface area (Å²) in [6.07, 6.45) is 1.81. The van der Waals surface area contributed by atoms with Crippen molar-refractivity contribution >= 4 is 34.2 Å². The SMILES string of the molecule is CCCC[S+]([O-])c1nc(N(C)C(C)=O)c(C#N)s1. The Balaban J connectivity index is 2.97. The van der Waals surface area contributed by atoms with Gasteiger partial charge in [-0.2, -0.15) is 10.2 Å². The number of unbranched alkanes of at least 4 members (excludes halogenated alkanes) is 1. The lowest BCUT2D eigenvalue weighted by molar-refractivity contribution is -0.116. The molecule has 1 aromatic heterocycles. The van der Waals surface area contributed by atoms with Crippen molar-refractivity contribution in [3.63, 3.8) is 0 Å². The summed E-state index contributed by atoms with van der Waals surface area (Å²) < 4.78 is 12.3. The Morgan fingerprint density at radius 2 is 2.33 bits per heavy atom. The summed E-state index contributed by atoms with van der Waals surface area (Å²) >= 11 is -0.0883. The Morgan fingerprint density at radius 1 is 1.67 bits per heavy atom. The van der Waals surface area contributed by atoms with Crippen LogP contribution in [0.3, 0.4) is 0 Å². The van der Waals surface area contributed by atoms with Gasteiger partial charge in [-0.3, -0.25) is 9.69 Å². The molecular weight excluding hydrogens is 270 g/mol. The van der Waals surface area contributed by atoms with E-state index in [4.69, 9.17) is 5.26 Å². The molecular formula is C11H15N3O2S2. The molecule has 18 heavy (non-hydrogen) atoms. The Bertz CT molecular complexity index is 467. The second-order valence-electron chi connectivity index (χ2n) is 3.73. The standard InChI is InChI=1S/C11H15N3O2S2/c1-4-5-6-18(16)11-13-10(9(7-12)17-11)14(3)8(2)15/h4-6H2,1-3H3. The Labute approximate surface area is 114 Å². The largest absolute Gasteiger partial charge is 0.610 e. The Morgan fingerprint density at radius 3 is 2.83 bits per heavy atom. The van der Waals surface area contributed by atoms with Crippen LogP contribution in [0.1, 0.15) is 31.6 Å². The minimum absolute atomic E-state index is 0.206. The molecule has 0 N–H and O–H groups in total. The molecule has 1 unspecified atom stereocenters. The minimum Gasteiger partial charge on any atom is -0.610 e. The maximum Gasteiger partial charge on any atom is 0.304 e. The lowest BCUT2D eigenvalue weighted by Gasteiger charge is -2.11. The molecule has 0 aliphatic rings. The van der Waals surface area contributed by atoms with Crippen molar-refractivity contribution in [3.8, 4) is 6.07 Å². The molecule has 0 radical (unpaired) electrons. The van der Waals surface area contributed by atoms with Crippen molar-refractivity contribution in [1.29, 1.82) is 5.26 Å². The fourth-order valence-electron chi connectivity index (χ4n) is 1.20. The predicted molar refractivity (Wildman–Crippen MR) is 72.1 cm³/mol. The van der Waals surface area contributed by atoms with Gasteiger partial charge in [0.25, 0.3) is 0 Å². The van der Waals surface area contributed by atoms with Crippen LogP contribution in [0.5, 0.6) is 0 Å². The first-order valence-electron chi connectivity index (χ1n) is 5.54. The number of rotatable bonds is 5. The maximum atomic E-state index is 11.9. The minimum atomic E-state index is -1.19. The van der Waals surface area contributed by atoms with Crippen LogP contribution in [0.4, 0.5) is 5.82 Å². The van der Waals surface area contributed by atoms with Crippen molar-refractivity contribution < 1.29 is 9.35 Å². The number of carbonyl (C=O) groups excluding carboxylic acids is 1. The quantitative estimate of drug-likeness (QED) is 0.774. The van der Waals surface area contributed by atoms with Crippen molar-refractivity contribution in [2.24, 2.45) is 0 Å². The van der Waals surface area contributed by atoms with Crippen LogP contribution in [0.15, 0.2) is 4.34 Å². The van der Waals surface area contributed by atoms with Crippen molar-refractivity contribution in [3.05, 3.63) is 4.88 Å². The van der Waals surface area contributed by atoms with E-state index in [0.717, 1.165) is 24.2 Å². The molecule has 5 nitrogen and oxygen atoms in total. The molecule has 0 aromatic carbocycles. The summed E-state index contributed by atoms with van der Waals surface area (Å²) in [5.41, 5.74) is 0. The highest BCUT2D eigenvalue weighted by Gasteiger charge is 2.23. The number of hydrogen-bond acceptors (Lipinski definition) is 5. The second-order valence-corrected chi connectivity index (χ2v) is 6.47. The summed E-state index contributed by atoms with van der Waals surface area (Å²) in [4.78, 5) is 17.1. The van der Waals surface area contributed by atoms with E-state index in [1.165, 1.54) is 11.8 Å². The number of amides is 1. The third-order valence-electron chi connectivity index (χ3n) is 2.36. The molecule has 0 spiro atoms. The molecule has 0 saturated heterocycles. The third kappa shape index (κ3) is 3.45. The van der Waals surface area contributed by atoms with Crippen LogP contribution in [0.25, 0.3) is 0 Å². The van der Waals surface area contributed by atoms with Crippen LogP contribution in [-0.4, -0.2) is 28.2 Å². The van der Waals surface area contributed by atoms with Crippen molar-refractivity contribution in [1.82, 2.24) is 4.98 Å². The first kappa shape index (κ1) is 15.0. The van der Waals surface area contributed by atoms with Crippen molar-refractivity contribution in [2.45, 2.75) is 31.0 Å². The number of anilines is 1. The highest BCUT2D eigenvalue weighted by molar-refractivity contribution is 7.93. The Kier molecular flexibility index (Phi) is 5.59. The van der Waals surface area contributed by atoms with Gasteiger partial charge in [-0.1, -0.05) is 24.7 Å². The molecule has 1 amide bonds. The number of nitrogens with zero attached hydrogens (tertiary/aromatic N) is 3. The van der Waals surface area contributed by atoms with Crippen LogP contribution in [0, 0.1) is 11.3 Å². The molecule has 1 aromatic rings. The average Bonchev–Trinajstić information content (AvgIpc) is 2.78. The average molecular weight is 285 g/mol. The van der Waals surface area contributed by atoms with Gasteiger partial charge in [0, 0.05) is 25.1 Å². The van der Waals surface area contributed by atoms with Crippen LogP contribution < -0.4 is 4.90 Å².